The van der Waals surface area contributed by atoms with E-state index in [1.165, 1.54) is 52.1 Å². The van der Waals surface area contributed by atoms with Gasteiger partial charge in [0.05, 0.1) is 23.1 Å². The molecule has 1 N–H and O–H groups in total. The standard InChI is InChI=1S/C41H51NO18/c1-12-18(2)35(48)59-34-30(55-23(7)45)32-39(11,51)41-31(56-24(8)46)27(29(54-22(6)44)33(57-25(9)47)40(34,41)17-52-21(5)43)38(10,60-41)16-53-37(50)26-14-13-15-42-28(26)19(3)20(4)36(49)58-32/h12-15,19-20,27,29-34,51H,16-17H2,1-11H3. The number of hydrogen-bond donors (Lipinski definition) is 1. The highest BCUT2D eigenvalue weighted by Gasteiger charge is 2.92. The van der Waals surface area contributed by atoms with Crippen molar-refractivity contribution in [3.63, 3.8) is 0 Å². The number of rotatable bonds is 8. The van der Waals surface area contributed by atoms with Crippen LogP contribution in [0.5, 0.6) is 0 Å². The third kappa shape index (κ3) is 7.39. The van der Waals surface area contributed by atoms with Crippen LogP contribution in [0.1, 0.15) is 98.1 Å². The maximum Gasteiger partial charge on any atom is 0.340 e. The zero-order valence-corrected chi connectivity index (χ0v) is 35.3. The first-order valence-corrected chi connectivity index (χ1v) is 19.3. The number of allylic oxidation sites excluding steroid dienone is 1. The Kier molecular flexibility index (Phi) is 12.6. The van der Waals surface area contributed by atoms with Gasteiger partial charge in [0.15, 0.2) is 30.0 Å². The van der Waals surface area contributed by atoms with Crippen LogP contribution in [0.3, 0.4) is 0 Å². The van der Waals surface area contributed by atoms with Crippen molar-refractivity contribution < 1.29 is 86.1 Å². The lowest BCUT2D eigenvalue weighted by Gasteiger charge is -2.67. The van der Waals surface area contributed by atoms with Crippen LogP contribution in [-0.2, 0) is 76.2 Å². The second kappa shape index (κ2) is 16.6. The largest absolute Gasteiger partial charge is 0.465 e. The van der Waals surface area contributed by atoms with Gasteiger partial charge < -0.3 is 47.7 Å². The van der Waals surface area contributed by atoms with Crippen LogP contribution in [0.4, 0.5) is 0 Å². The highest BCUT2D eigenvalue weighted by Crippen LogP contribution is 2.70. The van der Waals surface area contributed by atoms with E-state index >= 15 is 0 Å². The molecule has 4 bridgehead atoms. The molecule has 19 nitrogen and oxygen atoms in total. The zero-order chi connectivity index (χ0) is 44.9. The number of ether oxygens (including phenoxy) is 9. The Morgan fingerprint density at radius 2 is 1.38 bits per heavy atom. The SMILES string of the molecule is CC=C(C)C(=O)OC1C(OC(C)=O)C2OC(=O)C(C)C(C)c3ncccc3C(=O)OCC3(C)OC4(C(OC(C)=O)C3C(OC(C)=O)C(OC(C)=O)C14COC(C)=O)C2(C)O. The van der Waals surface area contributed by atoms with Gasteiger partial charge in [0.25, 0.3) is 0 Å². The molecular weight excluding hydrogens is 794 g/mol. The first kappa shape index (κ1) is 45.7. The topological polar surface area (TPSA) is 253 Å². The highest BCUT2D eigenvalue weighted by atomic mass is 16.7. The van der Waals surface area contributed by atoms with Crippen molar-refractivity contribution in [3.8, 4) is 0 Å². The molecule has 13 unspecified atom stereocenters. The van der Waals surface area contributed by atoms with Crippen LogP contribution in [-0.4, -0.2) is 124 Å². The number of carbonyl (C=O) groups is 8. The predicted octanol–water partition coefficient (Wildman–Crippen LogP) is 1.98. The van der Waals surface area contributed by atoms with E-state index in [1.54, 1.807) is 6.92 Å². The molecule has 1 aromatic rings. The van der Waals surface area contributed by atoms with E-state index in [0.29, 0.717) is 0 Å². The Morgan fingerprint density at radius 1 is 0.817 bits per heavy atom. The molecule has 1 saturated heterocycles. The van der Waals surface area contributed by atoms with Crippen LogP contribution in [0.2, 0.25) is 0 Å². The van der Waals surface area contributed by atoms with Crippen LogP contribution in [0, 0.1) is 17.3 Å². The number of aromatic nitrogens is 1. The van der Waals surface area contributed by atoms with Gasteiger partial charge in [-0.2, -0.15) is 0 Å². The normalized spacial score (nSPS) is 37.2. The molecule has 19 heteroatoms. The summed E-state index contributed by atoms with van der Waals surface area (Å²) >= 11 is 0. The van der Waals surface area contributed by atoms with E-state index in [4.69, 9.17) is 42.6 Å². The van der Waals surface area contributed by atoms with E-state index in [-0.39, 0.29) is 16.8 Å². The molecule has 3 heterocycles. The van der Waals surface area contributed by atoms with Crippen LogP contribution in [0.15, 0.2) is 30.0 Å². The summed E-state index contributed by atoms with van der Waals surface area (Å²) in [5.74, 6) is -11.7. The van der Waals surface area contributed by atoms with Crippen LogP contribution >= 0.6 is 0 Å². The van der Waals surface area contributed by atoms with E-state index in [0.717, 1.165) is 41.5 Å². The number of esters is 8. The Hall–Kier alpha value is -5.43. The maximum atomic E-state index is 14.5. The van der Waals surface area contributed by atoms with Crippen molar-refractivity contribution in [1.29, 1.82) is 0 Å². The molecule has 2 aliphatic carbocycles. The molecule has 60 heavy (non-hydrogen) atoms. The average molecular weight is 846 g/mol. The van der Waals surface area contributed by atoms with Crippen molar-refractivity contribution in [2.75, 3.05) is 13.2 Å². The fraction of sp³-hybridized carbons (Fsp3) is 0.634. The molecule has 13 atom stereocenters. The Balaban J connectivity index is 2.04. The summed E-state index contributed by atoms with van der Waals surface area (Å²) in [5.41, 5.74) is -10.3. The number of nitrogens with zero attached hydrogens (tertiary/aromatic N) is 1. The molecule has 2 aliphatic heterocycles. The number of cyclic esters (lactones) is 1. The first-order chi connectivity index (χ1) is 27.9. The molecule has 2 saturated carbocycles. The second-order valence-electron chi connectivity index (χ2n) is 16.1. The minimum absolute atomic E-state index is 0.0234. The lowest BCUT2D eigenvalue weighted by Crippen LogP contribution is -2.89. The lowest BCUT2D eigenvalue weighted by molar-refractivity contribution is -0.386. The Morgan fingerprint density at radius 3 is 1.95 bits per heavy atom. The molecule has 0 aromatic carbocycles. The van der Waals surface area contributed by atoms with Gasteiger partial charge in [0.1, 0.15) is 42.0 Å². The van der Waals surface area contributed by atoms with Crippen LogP contribution < -0.4 is 0 Å². The van der Waals surface area contributed by atoms with Crippen molar-refractivity contribution in [1.82, 2.24) is 4.98 Å². The molecule has 0 amide bonds. The van der Waals surface area contributed by atoms with Crippen LogP contribution in [0.25, 0.3) is 0 Å². The molecule has 3 fully saturated rings. The van der Waals surface area contributed by atoms with Gasteiger partial charge in [-0.05, 0) is 39.8 Å². The zero-order valence-electron chi connectivity index (χ0n) is 35.3. The summed E-state index contributed by atoms with van der Waals surface area (Å²) in [4.78, 5) is 113. The van der Waals surface area contributed by atoms with Gasteiger partial charge in [-0.3, -0.25) is 33.8 Å². The Labute approximate surface area is 345 Å². The van der Waals surface area contributed by atoms with Crippen molar-refractivity contribution in [2.24, 2.45) is 17.3 Å². The quantitative estimate of drug-likeness (QED) is 0.223. The second-order valence-corrected chi connectivity index (χ2v) is 16.1. The molecule has 4 aliphatic rings. The maximum absolute atomic E-state index is 14.5. The van der Waals surface area contributed by atoms with Gasteiger partial charge >= 0.3 is 47.8 Å². The summed E-state index contributed by atoms with van der Waals surface area (Å²) in [5, 5.41) is 13.5. The third-order valence-electron chi connectivity index (χ3n) is 12.1. The van der Waals surface area contributed by atoms with Crippen molar-refractivity contribution in [3.05, 3.63) is 41.2 Å². The number of carbonyl (C=O) groups excluding carboxylic acids is 8. The lowest BCUT2D eigenvalue weighted by atomic mass is 9.45. The summed E-state index contributed by atoms with van der Waals surface area (Å²) in [7, 11) is 0. The predicted molar refractivity (Wildman–Crippen MR) is 199 cm³/mol. The number of hydrogen-bond acceptors (Lipinski definition) is 19. The summed E-state index contributed by atoms with van der Waals surface area (Å²) in [6.45, 7) is 11.6. The fourth-order valence-corrected chi connectivity index (χ4v) is 9.40. The summed E-state index contributed by atoms with van der Waals surface area (Å²) in [6, 6.07) is 2.90. The summed E-state index contributed by atoms with van der Waals surface area (Å²) < 4.78 is 55.1. The van der Waals surface area contributed by atoms with Gasteiger partial charge in [0.2, 0.25) is 0 Å². The number of fused-ring (bicyclic) bond motifs is 5. The molecule has 0 radical (unpaired) electrons. The molecule has 1 spiro atoms. The van der Waals surface area contributed by atoms with Gasteiger partial charge in [0, 0.05) is 52.3 Å². The third-order valence-corrected chi connectivity index (χ3v) is 12.1. The molecule has 5 rings (SSSR count). The van der Waals surface area contributed by atoms with E-state index in [9.17, 15) is 43.5 Å². The average Bonchev–Trinajstić information content (AvgIpc) is 3.38. The minimum Gasteiger partial charge on any atom is -0.465 e. The van der Waals surface area contributed by atoms with E-state index in [1.807, 2.05) is 0 Å². The first-order valence-electron chi connectivity index (χ1n) is 19.3. The monoisotopic (exact) mass is 845 g/mol. The number of pyridine rings is 1. The van der Waals surface area contributed by atoms with Gasteiger partial charge in [-0.1, -0.05) is 19.9 Å². The van der Waals surface area contributed by atoms with E-state index in [2.05, 4.69) is 4.98 Å². The van der Waals surface area contributed by atoms with Gasteiger partial charge in [-0.15, -0.1) is 0 Å². The Bertz CT molecular complexity index is 1990. The van der Waals surface area contributed by atoms with Crippen molar-refractivity contribution >= 4 is 47.8 Å². The van der Waals surface area contributed by atoms with E-state index < -0.39 is 138 Å². The number of aliphatic hydroxyl groups is 1. The highest BCUT2D eigenvalue weighted by molar-refractivity contribution is 5.91. The van der Waals surface area contributed by atoms with Crippen molar-refractivity contribution in [2.45, 2.75) is 136 Å². The molecular formula is C41H51NO18. The molecule has 1 aromatic heterocycles. The summed E-state index contributed by atoms with van der Waals surface area (Å²) in [6.07, 6.45) is -9.34. The molecule has 328 valence electrons. The fourth-order valence-electron chi connectivity index (χ4n) is 9.40. The minimum atomic E-state index is -2.84. The smallest absolute Gasteiger partial charge is 0.340 e. The van der Waals surface area contributed by atoms with Gasteiger partial charge in [-0.25, -0.2) is 9.59 Å².